The van der Waals surface area contributed by atoms with Gasteiger partial charge in [-0.2, -0.15) is 0 Å². The van der Waals surface area contributed by atoms with E-state index in [1.54, 1.807) is 0 Å². The van der Waals surface area contributed by atoms with Crippen molar-refractivity contribution in [2.45, 2.75) is 32.9 Å². The topological polar surface area (TPSA) is 87.7 Å². The molecule has 0 saturated heterocycles. The van der Waals surface area contributed by atoms with E-state index in [1.807, 2.05) is 62.4 Å². The van der Waals surface area contributed by atoms with Crippen LogP contribution in [0.4, 0.5) is 5.69 Å². The van der Waals surface area contributed by atoms with Crippen molar-refractivity contribution in [1.29, 1.82) is 0 Å². The molecule has 0 radical (unpaired) electrons. The van der Waals surface area contributed by atoms with Gasteiger partial charge in [0.15, 0.2) is 0 Å². The molecule has 0 saturated carbocycles. The molecule has 0 aliphatic rings. The molecule has 6 nitrogen and oxygen atoms in total. The minimum atomic E-state index is -0.560. The summed E-state index contributed by atoms with van der Waals surface area (Å²) >= 11 is 0. The first-order valence-electron chi connectivity index (χ1n) is 8.87. The zero-order valence-electron chi connectivity index (χ0n) is 15.7. The fourth-order valence-corrected chi connectivity index (χ4v) is 2.52. The number of aryl methyl sites for hydroxylation is 2. The average molecular weight is 370 g/mol. The third-order valence-electron chi connectivity index (χ3n) is 4.00. The molecule has 144 valence electrons. The van der Waals surface area contributed by atoms with Crippen molar-refractivity contribution in [2.75, 3.05) is 18.5 Å². The first-order chi connectivity index (χ1) is 13.0. The lowest BCUT2D eigenvalue weighted by molar-refractivity contribution is -0.127. The summed E-state index contributed by atoms with van der Waals surface area (Å²) in [5.74, 6) is -0.858. The van der Waals surface area contributed by atoms with Gasteiger partial charge in [0.25, 0.3) is 0 Å². The van der Waals surface area contributed by atoms with Gasteiger partial charge in [-0.25, -0.2) is 0 Å². The van der Waals surface area contributed by atoms with E-state index in [4.69, 9.17) is 4.74 Å². The van der Waals surface area contributed by atoms with Gasteiger partial charge in [0.2, 0.25) is 11.8 Å². The van der Waals surface area contributed by atoms with Gasteiger partial charge in [-0.15, -0.1) is 0 Å². The van der Waals surface area contributed by atoms with Crippen LogP contribution in [0.5, 0.6) is 0 Å². The Morgan fingerprint density at radius 1 is 1.07 bits per heavy atom. The molecule has 0 aliphatic heterocycles. The number of anilines is 1. The molecule has 6 heteroatoms. The maximum atomic E-state index is 12.1. The van der Waals surface area contributed by atoms with Crippen molar-refractivity contribution in [3.63, 3.8) is 0 Å². The van der Waals surface area contributed by atoms with Gasteiger partial charge in [-0.05, 0) is 36.6 Å². The van der Waals surface area contributed by atoms with Gasteiger partial charge in [0, 0.05) is 5.69 Å². The van der Waals surface area contributed by atoms with Gasteiger partial charge < -0.3 is 20.5 Å². The van der Waals surface area contributed by atoms with Crippen LogP contribution < -0.4 is 10.6 Å². The molecule has 0 heterocycles. The lowest BCUT2D eigenvalue weighted by atomic mass is 10.1. The Morgan fingerprint density at radius 3 is 2.52 bits per heavy atom. The van der Waals surface area contributed by atoms with Crippen molar-refractivity contribution < 1.29 is 19.4 Å². The van der Waals surface area contributed by atoms with Gasteiger partial charge >= 0.3 is 0 Å². The van der Waals surface area contributed by atoms with Gasteiger partial charge in [0.1, 0.15) is 6.42 Å². The highest BCUT2D eigenvalue weighted by Crippen LogP contribution is 2.16. The Morgan fingerprint density at radius 2 is 1.81 bits per heavy atom. The third kappa shape index (κ3) is 7.21. The van der Waals surface area contributed by atoms with Gasteiger partial charge in [0.05, 0.1) is 25.9 Å². The molecular weight excluding hydrogens is 344 g/mol. The van der Waals surface area contributed by atoms with Crippen molar-refractivity contribution in [2.24, 2.45) is 0 Å². The molecule has 27 heavy (non-hydrogen) atoms. The van der Waals surface area contributed by atoms with Crippen LogP contribution in [0.1, 0.15) is 23.1 Å². The normalized spacial score (nSPS) is 11.7. The fraction of sp³-hybridized carbons (Fsp3) is 0.333. The second-order valence-corrected chi connectivity index (χ2v) is 6.49. The first-order valence-corrected chi connectivity index (χ1v) is 8.87. The van der Waals surface area contributed by atoms with Crippen LogP contribution in [0, 0.1) is 13.8 Å². The third-order valence-corrected chi connectivity index (χ3v) is 4.00. The van der Waals surface area contributed by atoms with E-state index in [0.29, 0.717) is 12.3 Å². The number of rotatable bonds is 9. The minimum Gasteiger partial charge on any atom is -0.394 e. The van der Waals surface area contributed by atoms with E-state index in [1.165, 1.54) is 0 Å². The maximum absolute atomic E-state index is 12.1. The number of aliphatic hydroxyl groups is 1. The number of benzene rings is 2. The summed E-state index contributed by atoms with van der Waals surface area (Å²) in [5.41, 5.74) is 3.65. The molecule has 0 fully saturated rings. The molecule has 2 rings (SSSR count). The summed E-state index contributed by atoms with van der Waals surface area (Å²) in [5, 5.41) is 14.8. The molecular formula is C21H26N2O4. The monoisotopic (exact) mass is 370 g/mol. The Bertz CT molecular complexity index is 762. The number of ether oxygens (including phenoxy) is 1. The summed E-state index contributed by atoms with van der Waals surface area (Å²) in [6.07, 6.45) is -0.317. The Balaban J connectivity index is 1.76. The maximum Gasteiger partial charge on any atom is 0.233 e. The van der Waals surface area contributed by atoms with E-state index >= 15 is 0 Å². The first kappa shape index (κ1) is 20.6. The number of carbonyl (C=O) groups excluding carboxylic acids is 2. The standard InChI is InChI=1S/C21H26N2O4/c1-15-8-9-16(2)19(10-15)23-21(26)11-20(25)22-18(12-24)14-27-13-17-6-4-3-5-7-17/h3-10,18,24H,11-14H2,1-2H3,(H,22,25)(H,23,26)/t18-/m1/s1. The zero-order valence-corrected chi connectivity index (χ0v) is 15.7. The Labute approximate surface area is 159 Å². The minimum absolute atomic E-state index is 0.162. The van der Waals surface area contributed by atoms with E-state index in [0.717, 1.165) is 16.7 Å². The molecule has 1 atom stereocenters. The number of carbonyl (C=O) groups is 2. The predicted molar refractivity (Wildman–Crippen MR) is 104 cm³/mol. The molecule has 0 spiro atoms. The van der Waals surface area contributed by atoms with Crippen molar-refractivity contribution in [3.05, 3.63) is 65.2 Å². The molecule has 2 aromatic rings. The van der Waals surface area contributed by atoms with Crippen LogP contribution in [-0.4, -0.2) is 36.2 Å². The molecule has 0 bridgehead atoms. The van der Waals surface area contributed by atoms with Crippen LogP contribution in [0.3, 0.4) is 0 Å². The quantitative estimate of drug-likeness (QED) is 0.591. The number of aliphatic hydroxyl groups excluding tert-OH is 1. The van der Waals surface area contributed by atoms with Crippen molar-refractivity contribution in [3.8, 4) is 0 Å². The van der Waals surface area contributed by atoms with E-state index in [2.05, 4.69) is 10.6 Å². The summed E-state index contributed by atoms with van der Waals surface area (Å²) in [6.45, 7) is 4.11. The zero-order chi connectivity index (χ0) is 19.6. The number of hydrogen-bond donors (Lipinski definition) is 3. The van der Waals surface area contributed by atoms with Crippen LogP contribution in [0.15, 0.2) is 48.5 Å². The highest BCUT2D eigenvalue weighted by Gasteiger charge is 2.15. The summed E-state index contributed by atoms with van der Waals surface area (Å²) in [4.78, 5) is 24.1. The largest absolute Gasteiger partial charge is 0.394 e. The van der Waals surface area contributed by atoms with Crippen LogP contribution in [0.2, 0.25) is 0 Å². The van der Waals surface area contributed by atoms with Gasteiger partial charge in [-0.1, -0.05) is 42.5 Å². The summed E-state index contributed by atoms with van der Waals surface area (Å²) < 4.78 is 5.53. The second-order valence-electron chi connectivity index (χ2n) is 6.49. The van der Waals surface area contributed by atoms with Crippen LogP contribution >= 0.6 is 0 Å². The highest BCUT2D eigenvalue weighted by molar-refractivity contribution is 6.03. The molecule has 0 unspecified atom stereocenters. The molecule has 0 aliphatic carbocycles. The van der Waals surface area contributed by atoms with E-state index in [9.17, 15) is 14.7 Å². The summed E-state index contributed by atoms with van der Waals surface area (Å²) in [7, 11) is 0. The number of hydrogen-bond acceptors (Lipinski definition) is 4. The number of amides is 2. The molecule has 2 amide bonds. The van der Waals surface area contributed by atoms with Crippen molar-refractivity contribution >= 4 is 17.5 Å². The van der Waals surface area contributed by atoms with E-state index in [-0.39, 0.29) is 19.6 Å². The molecule has 0 aromatic heterocycles. The second kappa shape index (κ2) is 10.4. The lowest BCUT2D eigenvalue weighted by Gasteiger charge is -2.17. The highest BCUT2D eigenvalue weighted by atomic mass is 16.5. The van der Waals surface area contributed by atoms with Crippen LogP contribution in [-0.2, 0) is 20.9 Å². The SMILES string of the molecule is Cc1ccc(C)c(NC(=O)CC(=O)N[C@H](CO)COCc2ccccc2)c1. The predicted octanol–water partition coefficient (Wildman–Crippen LogP) is 2.33. The smallest absolute Gasteiger partial charge is 0.233 e. The fourth-order valence-electron chi connectivity index (χ4n) is 2.52. The van der Waals surface area contributed by atoms with Crippen molar-refractivity contribution in [1.82, 2.24) is 5.32 Å². The van der Waals surface area contributed by atoms with E-state index < -0.39 is 17.9 Å². The molecule has 3 N–H and O–H groups in total. The molecule has 2 aromatic carbocycles. The summed E-state index contributed by atoms with van der Waals surface area (Å²) in [6, 6.07) is 14.8. The number of nitrogens with one attached hydrogen (secondary N) is 2. The Kier molecular flexibility index (Phi) is 7.98. The average Bonchev–Trinajstić information content (AvgIpc) is 2.64. The van der Waals surface area contributed by atoms with Gasteiger partial charge in [-0.3, -0.25) is 9.59 Å². The Hall–Kier alpha value is -2.70. The lowest BCUT2D eigenvalue weighted by Crippen LogP contribution is -2.42. The van der Waals surface area contributed by atoms with Crippen LogP contribution in [0.25, 0.3) is 0 Å².